The van der Waals surface area contributed by atoms with Gasteiger partial charge in [0.2, 0.25) is 0 Å². The number of halogens is 1. The van der Waals surface area contributed by atoms with Gasteiger partial charge in [-0.15, -0.1) is 0 Å². The average molecular weight is 556 g/mol. The minimum Gasteiger partial charge on any atom is -0.493 e. The summed E-state index contributed by atoms with van der Waals surface area (Å²) < 4.78 is 38.0. The van der Waals surface area contributed by atoms with E-state index in [-0.39, 0.29) is 23.7 Å². The number of hydrogen-bond acceptors (Lipinski definition) is 7. The summed E-state index contributed by atoms with van der Waals surface area (Å²) in [6.45, 7) is 5.94. The van der Waals surface area contributed by atoms with Gasteiger partial charge in [0.05, 0.1) is 38.2 Å². The molecule has 210 valence electrons. The third-order valence-electron chi connectivity index (χ3n) is 6.75. The van der Waals surface area contributed by atoms with Gasteiger partial charge in [0.1, 0.15) is 17.3 Å². The molecule has 2 heterocycles. The number of hydrogen-bond donors (Lipinski definition) is 0. The first kappa shape index (κ1) is 27.6. The van der Waals surface area contributed by atoms with Crippen LogP contribution in [0.3, 0.4) is 0 Å². The summed E-state index contributed by atoms with van der Waals surface area (Å²) in [6.07, 6.45) is 3.46. The van der Waals surface area contributed by atoms with E-state index in [1.165, 1.54) is 12.1 Å². The SMILES string of the molecule is CCOc1cn(-c2ccc(F)cc2C)nc1C(=O)Cc1ccc(Oc2ccnc3cc(OC)c(OC)cc23)cc1C. The molecule has 2 aromatic heterocycles. The lowest BCUT2D eigenvalue weighted by molar-refractivity contribution is 0.0984. The highest BCUT2D eigenvalue weighted by atomic mass is 19.1. The largest absolute Gasteiger partial charge is 0.493 e. The van der Waals surface area contributed by atoms with Crippen LogP contribution in [-0.4, -0.2) is 41.4 Å². The zero-order valence-electron chi connectivity index (χ0n) is 23.5. The predicted molar refractivity (Wildman–Crippen MR) is 154 cm³/mol. The Labute approximate surface area is 237 Å². The normalized spacial score (nSPS) is 11.0. The Kier molecular flexibility index (Phi) is 7.87. The Hall–Kier alpha value is -4.92. The summed E-state index contributed by atoms with van der Waals surface area (Å²) in [7, 11) is 3.16. The molecule has 0 amide bonds. The third-order valence-corrected chi connectivity index (χ3v) is 6.75. The molecule has 0 fully saturated rings. The van der Waals surface area contributed by atoms with E-state index in [2.05, 4.69) is 10.1 Å². The summed E-state index contributed by atoms with van der Waals surface area (Å²) in [5.41, 5.74) is 4.02. The van der Waals surface area contributed by atoms with Crippen LogP contribution in [0.4, 0.5) is 4.39 Å². The van der Waals surface area contributed by atoms with Crippen molar-refractivity contribution in [3.63, 3.8) is 0 Å². The van der Waals surface area contributed by atoms with E-state index in [1.54, 1.807) is 56.4 Å². The van der Waals surface area contributed by atoms with Gasteiger partial charge in [-0.05, 0) is 79.9 Å². The fraction of sp³-hybridized carbons (Fsp3) is 0.219. The van der Waals surface area contributed by atoms with Gasteiger partial charge in [-0.1, -0.05) is 6.07 Å². The van der Waals surface area contributed by atoms with Gasteiger partial charge in [-0.25, -0.2) is 9.07 Å². The molecule has 0 saturated heterocycles. The van der Waals surface area contributed by atoms with Crippen LogP contribution >= 0.6 is 0 Å². The predicted octanol–water partition coefficient (Wildman–Crippen LogP) is 6.81. The number of benzene rings is 3. The van der Waals surface area contributed by atoms with E-state index in [0.717, 1.165) is 16.5 Å². The number of aryl methyl sites for hydroxylation is 2. The molecule has 0 aliphatic carbocycles. The molecule has 9 heteroatoms. The third kappa shape index (κ3) is 5.70. The number of carbonyl (C=O) groups is 1. The smallest absolute Gasteiger partial charge is 0.191 e. The molecule has 0 unspecified atom stereocenters. The molecule has 0 atom stereocenters. The van der Waals surface area contributed by atoms with Gasteiger partial charge >= 0.3 is 0 Å². The summed E-state index contributed by atoms with van der Waals surface area (Å²) in [5, 5.41) is 5.29. The van der Waals surface area contributed by atoms with Gasteiger partial charge in [0.15, 0.2) is 28.7 Å². The van der Waals surface area contributed by atoms with Crippen molar-refractivity contribution in [1.29, 1.82) is 0 Å². The number of carbonyl (C=O) groups excluding carboxylic acids is 1. The van der Waals surface area contributed by atoms with Crippen molar-refractivity contribution in [2.24, 2.45) is 0 Å². The molecule has 41 heavy (non-hydrogen) atoms. The van der Waals surface area contributed by atoms with Crippen LogP contribution in [0.25, 0.3) is 16.6 Å². The number of ketones is 1. The molecule has 0 aliphatic rings. The summed E-state index contributed by atoms with van der Waals surface area (Å²) >= 11 is 0. The molecule has 0 spiro atoms. The molecular formula is C32H30FN3O5. The van der Waals surface area contributed by atoms with E-state index in [9.17, 15) is 9.18 Å². The average Bonchev–Trinajstić information content (AvgIpc) is 3.37. The van der Waals surface area contributed by atoms with Gasteiger partial charge in [0, 0.05) is 24.1 Å². The molecular weight excluding hydrogens is 525 g/mol. The molecule has 8 nitrogen and oxygen atoms in total. The first-order chi connectivity index (χ1) is 19.8. The maximum Gasteiger partial charge on any atom is 0.191 e. The molecule has 0 radical (unpaired) electrons. The fourth-order valence-electron chi connectivity index (χ4n) is 4.66. The van der Waals surface area contributed by atoms with E-state index in [0.29, 0.717) is 52.1 Å². The van der Waals surface area contributed by atoms with Crippen molar-refractivity contribution >= 4 is 16.7 Å². The van der Waals surface area contributed by atoms with Gasteiger partial charge < -0.3 is 18.9 Å². The number of methoxy groups -OCH3 is 2. The van der Waals surface area contributed by atoms with Crippen molar-refractivity contribution in [2.75, 3.05) is 20.8 Å². The van der Waals surface area contributed by atoms with Gasteiger partial charge in [-0.3, -0.25) is 9.78 Å². The number of nitrogens with zero attached hydrogens (tertiary/aromatic N) is 3. The number of pyridine rings is 1. The second-order valence-electron chi connectivity index (χ2n) is 9.47. The van der Waals surface area contributed by atoms with Crippen molar-refractivity contribution in [1.82, 2.24) is 14.8 Å². The highest BCUT2D eigenvalue weighted by Gasteiger charge is 2.21. The standard InChI is InChI=1S/C32H30FN3O5/c1-6-40-31-18-36(26-10-8-22(33)13-20(26)3)35-32(31)27(37)15-21-7-9-23(14-19(21)2)41-28-11-12-34-25-17-30(39-5)29(38-4)16-24(25)28/h7-14,16-18H,6,15H2,1-5H3. The molecule has 5 rings (SSSR count). The van der Waals surface area contributed by atoms with Crippen LogP contribution < -0.4 is 18.9 Å². The molecule has 5 aromatic rings. The quantitative estimate of drug-likeness (QED) is 0.175. The first-order valence-corrected chi connectivity index (χ1v) is 13.1. The summed E-state index contributed by atoms with van der Waals surface area (Å²) in [5.74, 6) is 2.25. The zero-order valence-corrected chi connectivity index (χ0v) is 23.5. The molecule has 0 N–H and O–H groups in total. The highest BCUT2D eigenvalue weighted by molar-refractivity contribution is 5.98. The van der Waals surface area contributed by atoms with Crippen LogP contribution in [0.5, 0.6) is 28.7 Å². The monoisotopic (exact) mass is 555 g/mol. The van der Waals surface area contributed by atoms with E-state index in [4.69, 9.17) is 18.9 Å². The maximum atomic E-state index is 13.6. The first-order valence-electron chi connectivity index (χ1n) is 13.1. The fourth-order valence-corrected chi connectivity index (χ4v) is 4.66. The summed E-state index contributed by atoms with van der Waals surface area (Å²) in [6, 6.07) is 15.4. The van der Waals surface area contributed by atoms with Crippen LogP contribution in [0.15, 0.2) is 67.0 Å². The van der Waals surface area contributed by atoms with Crippen LogP contribution in [0, 0.1) is 19.7 Å². The Morgan fingerprint density at radius 3 is 2.39 bits per heavy atom. The molecule has 0 saturated carbocycles. The van der Waals surface area contributed by atoms with Crippen molar-refractivity contribution in [3.8, 4) is 34.4 Å². The van der Waals surface area contributed by atoms with Crippen molar-refractivity contribution in [3.05, 3.63) is 95.2 Å². The van der Waals surface area contributed by atoms with Crippen LogP contribution in [0.1, 0.15) is 34.1 Å². The highest BCUT2D eigenvalue weighted by Crippen LogP contribution is 2.37. The lowest BCUT2D eigenvalue weighted by Crippen LogP contribution is -2.09. The lowest BCUT2D eigenvalue weighted by atomic mass is 10.0. The second kappa shape index (κ2) is 11.7. The Morgan fingerprint density at radius 1 is 0.902 bits per heavy atom. The molecule has 0 aliphatic heterocycles. The van der Waals surface area contributed by atoms with Crippen molar-refractivity contribution < 1.29 is 28.1 Å². The lowest BCUT2D eigenvalue weighted by Gasteiger charge is -2.13. The molecule has 3 aromatic carbocycles. The zero-order chi connectivity index (χ0) is 29.1. The topological polar surface area (TPSA) is 84.7 Å². The van der Waals surface area contributed by atoms with Crippen molar-refractivity contribution in [2.45, 2.75) is 27.2 Å². The Bertz CT molecular complexity index is 1750. The van der Waals surface area contributed by atoms with E-state index in [1.807, 2.05) is 38.1 Å². The van der Waals surface area contributed by atoms with Gasteiger partial charge in [-0.2, -0.15) is 5.10 Å². The van der Waals surface area contributed by atoms with Crippen LogP contribution in [0.2, 0.25) is 0 Å². The number of Topliss-reactive ketones (excluding diaryl/α,β-unsaturated/α-hetero) is 1. The minimum absolute atomic E-state index is 0.126. The number of aromatic nitrogens is 3. The van der Waals surface area contributed by atoms with E-state index < -0.39 is 0 Å². The Morgan fingerprint density at radius 2 is 1.68 bits per heavy atom. The second-order valence-corrected chi connectivity index (χ2v) is 9.47. The van der Waals surface area contributed by atoms with Gasteiger partial charge in [0.25, 0.3) is 0 Å². The maximum absolute atomic E-state index is 13.6. The number of ether oxygens (including phenoxy) is 4. The number of fused-ring (bicyclic) bond motifs is 1. The minimum atomic E-state index is -0.334. The van der Waals surface area contributed by atoms with Crippen LogP contribution in [-0.2, 0) is 6.42 Å². The number of rotatable bonds is 10. The van der Waals surface area contributed by atoms with E-state index >= 15 is 0 Å². The molecule has 0 bridgehead atoms. The summed E-state index contributed by atoms with van der Waals surface area (Å²) in [4.78, 5) is 17.8. The Balaban J connectivity index is 1.39.